The topological polar surface area (TPSA) is 54.0 Å². The van der Waals surface area contributed by atoms with Crippen LogP contribution in [0.1, 0.15) is 30.0 Å². The molecule has 0 aliphatic carbocycles. The molecule has 184 valence electrons. The average molecular weight is 493 g/mol. The molecule has 1 saturated heterocycles. The van der Waals surface area contributed by atoms with Gasteiger partial charge in [-0.25, -0.2) is 0 Å². The summed E-state index contributed by atoms with van der Waals surface area (Å²) in [5.74, 6) is 0. The first-order valence-corrected chi connectivity index (χ1v) is 12.8. The summed E-state index contributed by atoms with van der Waals surface area (Å²) in [4.78, 5) is 11.9. The summed E-state index contributed by atoms with van der Waals surface area (Å²) in [6.07, 6.45) is -0.381. The van der Waals surface area contributed by atoms with Crippen LogP contribution in [-0.2, 0) is 43.6 Å². The second-order valence-electron chi connectivity index (χ2n) is 8.55. The van der Waals surface area contributed by atoms with E-state index in [0.29, 0.717) is 32.8 Å². The zero-order chi connectivity index (χ0) is 24.3. The van der Waals surface area contributed by atoms with Gasteiger partial charge in [-0.1, -0.05) is 103 Å². The van der Waals surface area contributed by atoms with Gasteiger partial charge in [-0.15, -0.1) is 0 Å². The summed E-state index contributed by atoms with van der Waals surface area (Å²) in [6, 6.07) is 30.2. The van der Waals surface area contributed by atoms with Crippen LogP contribution in [0.2, 0.25) is 0 Å². The SMILES string of the molecule is CC(=O)S[C@H]1C[C@@H](OCc2ccccc2)[C@H](OCc2ccccc2)[C@@H](COCc2ccccc2)O1. The quantitative estimate of drug-likeness (QED) is 0.339. The number of carbonyl (C=O) groups excluding carboxylic acids is 1. The molecule has 3 aromatic carbocycles. The standard InChI is InChI=1S/C29H32O5S/c1-22(30)35-28-17-26(32-19-24-13-7-3-8-14-24)29(33-20-25-15-9-4-10-16-25)27(34-28)21-31-18-23-11-5-2-6-12-23/h2-16,26-29H,17-21H2,1H3/t26-,27-,28+,29+/m1/s1. The van der Waals surface area contributed by atoms with Gasteiger partial charge >= 0.3 is 0 Å². The van der Waals surface area contributed by atoms with E-state index in [9.17, 15) is 4.79 Å². The molecule has 3 aromatic rings. The van der Waals surface area contributed by atoms with Crippen molar-refractivity contribution in [2.24, 2.45) is 0 Å². The fraction of sp³-hybridized carbons (Fsp3) is 0.345. The molecule has 0 spiro atoms. The van der Waals surface area contributed by atoms with Crippen LogP contribution in [0.15, 0.2) is 91.0 Å². The highest BCUT2D eigenvalue weighted by Crippen LogP contribution is 2.33. The molecule has 0 bridgehead atoms. The van der Waals surface area contributed by atoms with E-state index in [4.69, 9.17) is 18.9 Å². The molecule has 4 atom stereocenters. The molecule has 1 fully saturated rings. The molecule has 4 rings (SSSR count). The van der Waals surface area contributed by atoms with E-state index in [1.807, 2.05) is 91.0 Å². The highest BCUT2D eigenvalue weighted by atomic mass is 32.2. The van der Waals surface area contributed by atoms with Crippen LogP contribution in [0.25, 0.3) is 0 Å². The van der Waals surface area contributed by atoms with E-state index in [0.717, 1.165) is 16.7 Å². The van der Waals surface area contributed by atoms with E-state index in [1.165, 1.54) is 11.8 Å². The highest BCUT2D eigenvalue weighted by molar-refractivity contribution is 8.13. The summed E-state index contributed by atoms with van der Waals surface area (Å²) in [7, 11) is 0. The van der Waals surface area contributed by atoms with Crippen LogP contribution in [0, 0.1) is 0 Å². The Labute approximate surface area is 211 Å². The zero-order valence-electron chi connectivity index (χ0n) is 20.0. The minimum atomic E-state index is -0.367. The summed E-state index contributed by atoms with van der Waals surface area (Å²) in [6.45, 7) is 3.29. The van der Waals surface area contributed by atoms with Gasteiger partial charge in [-0.2, -0.15) is 0 Å². The Balaban J connectivity index is 1.48. The second-order valence-corrected chi connectivity index (χ2v) is 9.88. The Bertz CT molecular complexity index is 1020. The molecule has 0 aromatic heterocycles. The van der Waals surface area contributed by atoms with Gasteiger partial charge in [0.25, 0.3) is 0 Å². The number of hydrogen-bond acceptors (Lipinski definition) is 6. The summed E-state index contributed by atoms with van der Waals surface area (Å²) in [5, 5.41) is 0.0180. The lowest BCUT2D eigenvalue weighted by molar-refractivity contribution is -0.204. The van der Waals surface area contributed by atoms with Crippen LogP contribution >= 0.6 is 11.8 Å². The van der Waals surface area contributed by atoms with Crippen LogP contribution in [0.5, 0.6) is 0 Å². The van der Waals surface area contributed by atoms with E-state index in [1.54, 1.807) is 6.92 Å². The predicted octanol–water partition coefficient (Wildman–Crippen LogP) is 5.77. The lowest BCUT2D eigenvalue weighted by atomic mass is 10.0. The molecular formula is C29H32O5S. The molecular weight excluding hydrogens is 460 g/mol. The van der Waals surface area contributed by atoms with Crippen molar-refractivity contribution in [3.8, 4) is 0 Å². The lowest BCUT2D eigenvalue weighted by Crippen LogP contribution is -2.52. The molecule has 0 saturated carbocycles. The lowest BCUT2D eigenvalue weighted by Gasteiger charge is -2.41. The molecule has 0 unspecified atom stereocenters. The first kappa shape index (κ1) is 25.6. The van der Waals surface area contributed by atoms with Crippen LogP contribution in [-0.4, -0.2) is 35.5 Å². The van der Waals surface area contributed by atoms with Crippen LogP contribution < -0.4 is 0 Å². The molecule has 0 N–H and O–H groups in total. The zero-order valence-corrected chi connectivity index (χ0v) is 20.8. The minimum Gasteiger partial charge on any atom is -0.374 e. The molecule has 35 heavy (non-hydrogen) atoms. The Morgan fingerprint density at radius 1 is 0.800 bits per heavy atom. The summed E-state index contributed by atoms with van der Waals surface area (Å²) < 4.78 is 25.2. The molecule has 0 amide bonds. The fourth-order valence-electron chi connectivity index (χ4n) is 4.08. The van der Waals surface area contributed by atoms with Gasteiger partial charge in [0.1, 0.15) is 17.6 Å². The Hall–Kier alpha value is -2.48. The first-order valence-electron chi connectivity index (χ1n) is 11.9. The van der Waals surface area contributed by atoms with Crippen LogP contribution in [0.3, 0.4) is 0 Å². The number of rotatable bonds is 11. The molecule has 1 heterocycles. The van der Waals surface area contributed by atoms with Gasteiger partial charge in [-0.3, -0.25) is 4.79 Å². The van der Waals surface area contributed by atoms with Gasteiger partial charge < -0.3 is 18.9 Å². The van der Waals surface area contributed by atoms with Gasteiger partial charge in [0.15, 0.2) is 5.12 Å². The van der Waals surface area contributed by atoms with Gasteiger partial charge in [0, 0.05) is 13.3 Å². The number of ether oxygens (including phenoxy) is 4. The third-order valence-electron chi connectivity index (χ3n) is 5.77. The third kappa shape index (κ3) is 8.30. The van der Waals surface area contributed by atoms with Crippen molar-refractivity contribution < 1.29 is 23.7 Å². The van der Waals surface area contributed by atoms with E-state index in [2.05, 4.69) is 0 Å². The predicted molar refractivity (Wildman–Crippen MR) is 138 cm³/mol. The minimum absolute atomic E-state index is 0.0180. The smallest absolute Gasteiger partial charge is 0.188 e. The van der Waals surface area contributed by atoms with Gasteiger partial charge in [-0.05, 0) is 16.7 Å². The van der Waals surface area contributed by atoms with Crippen LogP contribution in [0.4, 0.5) is 0 Å². The largest absolute Gasteiger partial charge is 0.374 e. The van der Waals surface area contributed by atoms with Crippen molar-refractivity contribution in [1.82, 2.24) is 0 Å². The van der Waals surface area contributed by atoms with Crippen molar-refractivity contribution in [3.05, 3.63) is 108 Å². The summed E-state index contributed by atoms with van der Waals surface area (Å²) >= 11 is 1.20. The van der Waals surface area contributed by atoms with Crippen molar-refractivity contribution in [1.29, 1.82) is 0 Å². The van der Waals surface area contributed by atoms with Crippen molar-refractivity contribution in [2.75, 3.05) is 6.61 Å². The van der Waals surface area contributed by atoms with E-state index < -0.39 is 0 Å². The Morgan fingerprint density at radius 3 is 1.86 bits per heavy atom. The number of carbonyl (C=O) groups is 1. The van der Waals surface area contributed by atoms with Gasteiger partial charge in [0.2, 0.25) is 0 Å². The molecule has 6 heteroatoms. The monoisotopic (exact) mass is 492 g/mol. The number of benzene rings is 3. The van der Waals surface area contributed by atoms with Crippen molar-refractivity contribution in [2.45, 2.75) is 56.9 Å². The third-order valence-corrected chi connectivity index (χ3v) is 6.67. The molecule has 0 radical (unpaired) electrons. The maximum Gasteiger partial charge on any atom is 0.188 e. The first-order chi connectivity index (χ1) is 17.2. The van der Waals surface area contributed by atoms with Crippen molar-refractivity contribution in [3.63, 3.8) is 0 Å². The maximum absolute atomic E-state index is 11.9. The molecule has 1 aliphatic rings. The number of hydrogen-bond donors (Lipinski definition) is 0. The maximum atomic E-state index is 11.9. The Morgan fingerprint density at radius 2 is 1.31 bits per heavy atom. The highest BCUT2D eigenvalue weighted by Gasteiger charge is 2.41. The Kier molecular flexibility index (Phi) is 9.93. The van der Waals surface area contributed by atoms with E-state index in [-0.39, 0.29) is 28.9 Å². The summed E-state index contributed by atoms with van der Waals surface area (Å²) in [5.41, 5.74) is 2.96. The molecule has 1 aliphatic heterocycles. The van der Waals surface area contributed by atoms with Crippen molar-refractivity contribution >= 4 is 16.9 Å². The number of thioether (sulfide) groups is 1. The normalized spacial score (nSPS) is 22.1. The van der Waals surface area contributed by atoms with Gasteiger partial charge in [0.05, 0.1) is 32.5 Å². The van der Waals surface area contributed by atoms with E-state index >= 15 is 0 Å². The fourth-order valence-corrected chi connectivity index (χ4v) is 4.93. The molecule has 5 nitrogen and oxygen atoms in total. The second kappa shape index (κ2) is 13.6. The average Bonchev–Trinajstić information content (AvgIpc) is 2.88.